The number of carbonyl (C=O) groups is 1. The second kappa shape index (κ2) is 14.5. The van der Waals surface area contributed by atoms with Gasteiger partial charge in [-0.1, -0.05) is 44.2 Å². The molecule has 17 heavy (non-hydrogen) atoms. The molecule has 0 saturated heterocycles. The number of hydrogen-bond acceptors (Lipinski definition) is 3. The van der Waals surface area contributed by atoms with Crippen LogP contribution in [-0.4, -0.2) is 24.9 Å². The lowest BCUT2D eigenvalue weighted by molar-refractivity contribution is 0.155. The maximum Gasteiger partial charge on any atom is 0.404 e. The van der Waals surface area contributed by atoms with E-state index in [1.54, 1.807) is 0 Å². The van der Waals surface area contributed by atoms with E-state index in [0.717, 1.165) is 20.0 Å². The quantitative estimate of drug-likeness (QED) is 0.795. The average molecular weight is 241 g/mol. The first-order chi connectivity index (χ1) is 8.29. The highest BCUT2D eigenvalue weighted by atomic mass is 16.5. The van der Waals surface area contributed by atoms with Crippen molar-refractivity contribution in [1.82, 2.24) is 0 Å². The van der Waals surface area contributed by atoms with Crippen molar-refractivity contribution in [3.63, 3.8) is 0 Å². The predicted molar refractivity (Wildman–Crippen MR) is 69.8 cm³/mol. The van der Waals surface area contributed by atoms with Gasteiger partial charge in [-0.15, -0.1) is 0 Å². The van der Waals surface area contributed by atoms with Crippen molar-refractivity contribution in [3.8, 4) is 0 Å². The minimum Gasteiger partial charge on any atom is -0.450 e. The van der Waals surface area contributed by atoms with Crippen LogP contribution >= 0.6 is 0 Å². The zero-order valence-corrected chi connectivity index (χ0v) is 10.8. The van der Waals surface area contributed by atoms with Crippen LogP contribution < -0.4 is 5.73 Å². The molecule has 0 aliphatic rings. The molecule has 0 spiro atoms. The van der Waals surface area contributed by atoms with Crippen molar-refractivity contribution in [2.24, 2.45) is 5.73 Å². The topological polar surface area (TPSA) is 72.5 Å². The van der Waals surface area contributed by atoms with Crippen molar-refractivity contribution < 1.29 is 14.6 Å². The maximum absolute atomic E-state index is 10.2. The van der Waals surface area contributed by atoms with Crippen LogP contribution in [0.15, 0.2) is 30.3 Å². The van der Waals surface area contributed by atoms with Gasteiger partial charge in [0, 0.05) is 7.11 Å². The lowest BCUT2D eigenvalue weighted by Crippen LogP contribution is -2.13. The number of hydrogen-bond donors (Lipinski definition) is 2. The number of aliphatic hydroxyl groups excluding tert-OH is 1. The second-order valence-electron chi connectivity index (χ2n) is 2.76. The number of ether oxygens (including phenoxy) is 1. The minimum atomic E-state index is -0.701. The first-order valence-electron chi connectivity index (χ1n) is 5.70. The first kappa shape index (κ1) is 17.8. The summed E-state index contributed by atoms with van der Waals surface area (Å²) in [7, 11) is 1.00. The molecule has 0 aliphatic heterocycles. The average Bonchev–Trinajstić information content (AvgIpc) is 2.40. The van der Waals surface area contributed by atoms with E-state index in [-0.39, 0.29) is 0 Å². The fourth-order valence-corrected chi connectivity index (χ4v) is 1.09. The highest BCUT2D eigenvalue weighted by Crippen LogP contribution is 2.01. The number of rotatable bonds is 4. The van der Waals surface area contributed by atoms with Crippen LogP contribution in [0.2, 0.25) is 0 Å². The Morgan fingerprint density at radius 1 is 1.24 bits per heavy atom. The van der Waals surface area contributed by atoms with Gasteiger partial charge in [0.15, 0.2) is 0 Å². The van der Waals surface area contributed by atoms with Gasteiger partial charge in [0.25, 0.3) is 0 Å². The number of aryl methyl sites for hydroxylation is 1. The Bertz CT molecular complexity index is 263. The number of amides is 1. The Balaban J connectivity index is 0. The van der Waals surface area contributed by atoms with Gasteiger partial charge in [-0.2, -0.15) is 0 Å². The number of carbonyl (C=O) groups excluding carboxylic acids is 1. The monoisotopic (exact) mass is 241 g/mol. The Hall–Kier alpha value is -1.55. The van der Waals surface area contributed by atoms with E-state index >= 15 is 0 Å². The van der Waals surface area contributed by atoms with E-state index in [4.69, 9.17) is 10.8 Å². The number of aliphatic hydroxyl groups is 1. The van der Waals surface area contributed by atoms with Crippen LogP contribution in [0.5, 0.6) is 0 Å². The molecule has 0 unspecified atom stereocenters. The summed E-state index contributed by atoms with van der Waals surface area (Å²) >= 11 is 0. The Morgan fingerprint density at radius 2 is 1.76 bits per heavy atom. The van der Waals surface area contributed by atoms with Gasteiger partial charge >= 0.3 is 6.09 Å². The molecule has 0 aliphatic carbocycles. The van der Waals surface area contributed by atoms with E-state index in [9.17, 15) is 4.79 Å². The Morgan fingerprint density at radius 3 is 2.24 bits per heavy atom. The lowest BCUT2D eigenvalue weighted by Gasteiger charge is -2.01. The molecule has 3 N–H and O–H groups in total. The highest BCUT2D eigenvalue weighted by Gasteiger charge is 1.94. The molecule has 0 radical (unpaired) electrons. The smallest absolute Gasteiger partial charge is 0.404 e. The molecule has 1 aromatic rings. The van der Waals surface area contributed by atoms with Crippen molar-refractivity contribution in [3.05, 3.63) is 35.9 Å². The van der Waals surface area contributed by atoms with Crippen LogP contribution in [0, 0.1) is 0 Å². The zero-order chi connectivity index (χ0) is 13.5. The van der Waals surface area contributed by atoms with Crippen molar-refractivity contribution in [2.45, 2.75) is 26.7 Å². The Kier molecular flexibility index (Phi) is 15.2. The standard InChI is InChI=1S/C10H13NO2.C2H6.CH4O/c11-10(12)13-8-4-7-9-5-2-1-3-6-9;2*1-2/h1-3,5-6H,4,7-8H2,(H2,11,12);1-2H3;2H,1H3. The third kappa shape index (κ3) is 12.4. The third-order valence-corrected chi connectivity index (χ3v) is 1.70. The summed E-state index contributed by atoms with van der Waals surface area (Å²) in [6.45, 7) is 4.39. The van der Waals surface area contributed by atoms with Crippen LogP contribution in [0.1, 0.15) is 25.8 Å². The van der Waals surface area contributed by atoms with Gasteiger partial charge in [-0.3, -0.25) is 0 Å². The molecule has 1 aromatic carbocycles. The molecule has 0 saturated carbocycles. The van der Waals surface area contributed by atoms with Crippen molar-refractivity contribution >= 4 is 6.09 Å². The SMILES string of the molecule is CC.CO.NC(=O)OCCCc1ccccc1. The largest absolute Gasteiger partial charge is 0.450 e. The van der Waals surface area contributed by atoms with Gasteiger partial charge in [0.2, 0.25) is 0 Å². The molecule has 4 nitrogen and oxygen atoms in total. The van der Waals surface area contributed by atoms with E-state index < -0.39 is 6.09 Å². The minimum absolute atomic E-state index is 0.393. The lowest BCUT2D eigenvalue weighted by atomic mass is 10.1. The molecule has 1 rings (SSSR count). The molecular formula is C13H23NO3. The van der Waals surface area contributed by atoms with E-state index in [1.807, 2.05) is 44.2 Å². The maximum atomic E-state index is 10.2. The van der Waals surface area contributed by atoms with Crippen molar-refractivity contribution in [1.29, 1.82) is 0 Å². The zero-order valence-electron chi connectivity index (χ0n) is 10.8. The van der Waals surface area contributed by atoms with E-state index in [2.05, 4.69) is 4.74 Å². The third-order valence-electron chi connectivity index (χ3n) is 1.70. The fourth-order valence-electron chi connectivity index (χ4n) is 1.09. The molecule has 0 heterocycles. The van der Waals surface area contributed by atoms with Crippen LogP contribution in [-0.2, 0) is 11.2 Å². The molecule has 0 fully saturated rings. The summed E-state index contributed by atoms with van der Waals surface area (Å²) in [6, 6.07) is 10.0. The number of benzene rings is 1. The summed E-state index contributed by atoms with van der Waals surface area (Å²) < 4.78 is 4.60. The van der Waals surface area contributed by atoms with Crippen LogP contribution in [0.3, 0.4) is 0 Å². The molecule has 98 valence electrons. The normalized spacial score (nSPS) is 8.00. The van der Waals surface area contributed by atoms with Gasteiger partial charge in [0.1, 0.15) is 0 Å². The fraction of sp³-hybridized carbons (Fsp3) is 0.462. The van der Waals surface area contributed by atoms with Gasteiger partial charge in [0.05, 0.1) is 6.61 Å². The van der Waals surface area contributed by atoms with Crippen LogP contribution in [0.4, 0.5) is 4.79 Å². The molecule has 0 atom stereocenters. The number of nitrogens with two attached hydrogens (primary N) is 1. The van der Waals surface area contributed by atoms with Gasteiger partial charge in [-0.05, 0) is 18.4 Å². The predicted octanol–water partition coefficient (Wildman–Crippen LogP) is 2.35. The molecule has 1 amide bonds. The summed E-state index contributed by atoms with van der Waals surface area (Å²) in [6.07, 6.45) is 1.02. The van der Waals surface area contributed by atoms with E-state index in [1.165, 1.54) is 5.56 Å². The summed E-state index contributed by atoms with van der Waals surface area (Å²) in [5, 5.41) is 7.00. The van der Waals surface area contributed by atoms with Crippen LogP contribution in [0.25, 0.3) is 0 Å². The molecular weight excluding hydrogens is 218 g/mol. The summed E-state index contributed by atoms with van der Waals surface area (Å²) in [5.74, 6) is 0. The van der Waals surface area contributed by atoms with E-state index in [0.29, 0.717) is 6.61 Å². The Labute approximate surface area is 103 Å². The summed E-state index contributed by atoms with van der Waals surface area (Å²) in [4.78, 5) is 10.2. The second-order valence-corrected chi connectivity index (χ2v) is 2.76. The first-order valence-corrected chi connectivity index (χ1v) is 5.70. The summed E-state index contributed by atoms with van der Waals surface area (Å²) in [5.41, 5.74) is 6.06. The van der Waals surface area contributed by atoms with Gasteiger partial charge in [-0.25, -0.2) is 4.79 Å². The molecule has 4 heteroatoms. The highest BCUT2D eigenvalue weighted by molar-refractivity contribution is 5.64. The molecule has 0 aromatic heterocycles. The number of primary amides is 1. The van der Waals surface area contributed by atoms with Crippen molar-refractivity contribution in [2.75, 3.05) is 13.7 Å². The van der Waals surface area contributed by atoms with Gasteiger partial charge < -0.3 is 15.6 Å². The molecule has 0 bridgehead atoms.